The number of carbonyl (C=O) groups is 2. The SMILES string of the molecule is Cc1ccc(C)c(N(CCCC(=O)N2CCN(C=O)CC2)S(C)(=O)=O)c1. The standard InChI is InChI=1S/C18H27N3O4S/c1-15-6-7-16(2)17(13-15)21(26(3,24)25)8-4-5-18(23)20-11-9-19(14-22)10-12-20/h6-7,13-14H,4-5,8-12H2,1-3H3. The molecule has 0 radical (unpaired) electrons. The van der Waals surface area contributed by atoms with Crippen molar-refractivity contribution in [2.75, 3.05) is 43.3 Å². The fraction of sp³-hybridized carbons (Fsp3) is 0.556. The fourth-order valence-corrected chi connectivity index (χ4v) is 4.08. The number of carbonyl (C=O) groups excluding carboxylic acids is 2. The van der Waals surface area contributed by atoms with Crippen LogP contribution in [0, 0.1) is 13.8 Å². The lowest BCUT2D eigenvalue weighted by Crippen LogP contribution is -2.48. The van der Waals surface area contributed by atoms with Gasteiger partial charge in [0, 0.05) is 39.1 Å². The zero-order valence-corrected chi connectivity index (χ0v) is 16.5. The van der Waals surface area contributed by atoms with E-state index in [1.165, 1.54) is 10.6 Å². The first-order chi connectivity index (χ1) is 12.2. The summed E-state index contributed by atoms with van der Waals surface area (Å²) in [7, 11) is -3.43. The number of aryl methyl sites for hydroxylation is 2. The summed E-state index contributed by atoms with van der Waals surface area (Å²) >= 11 is 0. The van der Waals surface area contributed by atoms with E-state index in [4.69, 9.17) is 0 Å². The lowest BCUT2D eigenvalue weighted by Gasteiger charge is -2.32. The van der Waals surface area contributed by atoms with Crippen molar-refractivity contribution >= 4 is 28.0 Å². The van der Waals surface area contributed by atoms with Crippen LogP contribution >= 0.6 is 0 Å². The summed E-state index contributed by atoms with van der Waals surface area (Å²) in [5, 5.41) is 0. The van der Waals surface area contributed by atoms with E-state index in [-0.39, 0.29) is 18.9 Å². The summed E-state index contributed by atoms with van der Waals surface area (Å²) in [5.74, 6) is 0.00460. The van der Waals surface area contributed by atoms with Crippen molar-refractivity contribution in [3.05, 3.63) is 29.3 Å². The molecule has 0 atom stereocenters. The number of amides is 2. The number of sulfonamides is 1. The van der Waals surface area contributed by atoms with Crippen molar-refractivity contribution in [3.8, 4) is 0 Å². The van der Waals surface area contributed by atoms with Crippen molar-refractivity contribution in [3.63, 3.8) is 0 Å². The summed E-state index contributed by atoms with van der Waals surface area (Å²) in [6, 6.07) is 5.71. The van der Waals surface area contributed by atoms with Gasteiger partial charge in [0.05, 0.1) is 11.9 Å². The Kier molecular flexibility index (Phi) is 6.63. The molecule has 1 fully saturated rings. The highest BCUT2D eigenvalue weighted by atomic mass is 32.2. The molecule has 1 aromatic rings. The summed E-state index contributed by atoms with van der Waals surface area (Å²) < 4.78 is 25.8. The minimum absolute atomic E-state index is 0.00460. The van der Waals surface area contributed by atoms with Gasteiger partial charge in [0.15, 0.2) is 0 Å². The van der Waals surface area contributed by atoms with Gasteiger partial charge in [-0.2, -0.15) is 0 Å². The zero-order valence-electron chi connectivity index (χ0n) is 15.6. The predicted molar refractivity (Wildman–Crippen MR) is 102 cm³/mol. The van der Waals surface area contributed by atoms with Gasteiger partial charge >= 0.3 is 0 Å². The molecule has 26 heavy (non-hydrogen) atoms. The molecule has 144 valence electrons. The second-order valence-corrected chi connectivity index (χ2v) is 8.66. The van der Waals surface area contributed by atoms with E-state index in [2.05, 4.69) is 0 Å². The van der Waals surface area contributed by atoms with E-state index >= 15 is 0 Å². The van der Waals surface area contributed by atoms with Crippen molar-refractivity contribution < 1.29 is 18.0 Å². The van der Waals surface area contributed by atoms with E-state index < -0.39 is 10.0 Å². The van der Waals surface area contributed by atoms with Gasteiger partial charge in [-0.3, -0.25) is 13.9 Å². The molecule has 1 aliphatic rings. The first-order valence-electron chi connectivity index (χ1n) is 8.74. The van der Waals surface area contributed by atoms with Gasteiger partial charge in [-0.05, 0) is 37.5 Å². The van der Waals surface area contributed by atoms with Crippen LogP contribution in [-0.2, 0) is 19.6 Å². The van der Waals surface area contributed by atoms with Gasteiger partial charge < -0.3 is 9.80 Å². The zero-order chi connectivity index (χ0) is 19.3. The number of benzene rings is 1. The molecule has 7 nitrogen and oxygen atoms in total. The minimum Gasteiger partial charge on any atom is -0.342 e. The second-order valence-electron chi connectivity index (χ2n) is 6.75. The molecular formula is C18H27N3O4S. The van der Waals surface area contributed by atoms with Crippen LogP contribution in [-0.4, -0.2) is 69.5 Å². The molecule has 8 heteroatoms. The molecule has 0 aromatic heterocycles. The Bertz CT molecular complexity index is 756. The Morgan fingerprint density at radius 1 is 1.19 bits per heavy atom. The van der Waals surface area contributed by atoms with Gasteiger partial charge in [0.1, 0.15) is 0 Å². The van der Waals surface area contributed by atoms with Gasteiger partial charge in [-0.15, -0.1) is 0 Å². The molecule has 0 N–H and O–H groups in total. The number of rotatable bonds is 7. The van der Waals surface area contributed by atoms with Crippen molar-refractivity contribution in [2.45, 2.75) is 26.7 Å². The van der Waals surface area contributed by atoms with Crippen LogP contribution in [0.25, 0.3) is 0 Å². The lowest BCUT2D eigenvalue weighted by atomic mass is 10.1. The molecule has 1 saturated heterocycles. The average molecular weight is 381 g/mol. The number of piperazine rings is 1. The third-order valence-electron chi connectivity index (χ3n) is 4.60. The van der Waals surface area contributed by atoms with Gasteiger partial charge in [-0.25, -0.2) is 8.42 Å². The summed E-state index contributed by atoms with van der Waals surface area (Å²) in [5.41, 5.74) is 2.54. The first-order valence-corrected chi connectivity index (χ1v) is 10.6. The van der Waals surface area contributed by atoms with Crippen molar-refractivity contribution in [1.29, 1.82) is 0 Å². The van der Waals surface area contributed by atoms with Crippen LogP contribution in [0.2, 0.25) is 0 Å². The van der Waals surface area contributed by atoms with E-state index in [1.807, 2.05) is 32.0 Å². The smallest absolute Gasteiger partial charge is 0.232 e. The van der Waals surface area contributed by atoms with Crippen LogP contribution in [0.15, 0.2) is 18.2 Å². The number of hydrogen-bond donors (Lipinski definition) is 0. The van der Waals surface area contributed by atoms with Crippen LogP contribution in [0.5, 0.6) is 0 Å². The Hall–Kier alpha value is -2.09. The highest BCUT2D eigenvalue weighted by Gasteiger charge is 2.22. The predicted octanol–water partition coefficient (Wildman–Crippen LogP) is 1.15. The van der Waals surface area contributed by atoms with E-state index in [0.717, 1.165) is 17.5 Å². The van der Waals surface area contributed by atoms with Crippen LogP contribution < -0.4 is 4.31 Å². The summed E-state index contributed by atoms with van der Waals surface area (Å²) in [4.78, 5) is 26.4. The molecule has 1 heterocycles. The van der Waals surface area contributed by atoms with E-state index in [0.29, 0.717) is 38.3 Å². The topological polar surface area (TPSA) is 78.0 Å². The molecule has 2 amide bonds. The van der Waals surface area contributed by atoms with Crippen molar-refractivity contribution in [2.24, 2.45) is 0 Å². The van der Waals surface area contributed by atoms with E-state index in [9.17, 15) is 18.0 Å². The Morgan fingerprint density at radius 2 is 1.85 bits per heavy atom. The first kappa shape index (κ1) is 20.2. The molecular weight excluding hydrogens is 354 g/mol. The number of hydrogen-bond acceptors (Lipinski definition) is 4. The quantitative estimate of drug-likeness (QED) is 0.664. The molecule has 1 aliphatic heterocycles. The maximum Gasteiger partial charge on any atom is 0.232 e. The summed E-state index contributed by atoms with van der Waals surface area (Å²) in [6.45, 7) is 6.23. The van der Waals surface area contributed by atoms with Crippen LogP contribution in [0.1, 0.15) is 24.0 Å². The van der Waals surface area contributed by atoms with Crippen molar-refractivity contribution in [1.82, 2.24) is 9.80 Å². The van der Waals surface area contributed by atoms with E-state index in [1.54, 1.807) is 9.80 Å². The second kappa shape index (κ2) is 8.53. The highest BCUT2D eigenvalue weighted by molar-refractivity contribution is 7.92. The number of nitrogens with zero attached hydrogens (tertiary/aromatic N) is 3. The third kappa shape index (κ3) is 5.20. The van der Waals surface area contributed by atoms with Crippen LogP contribution in [0.3, 0.4) is 0 Å². The maximum atomic E-state index is 12.3. The van der Waals surface area contributed by atoms with Gasteiger partial charge in [0.2, 0.25) is 22.3 Å². The molecule has 0 unspecified atom stereocenters. The highest BCUT2D eigenvalue weighted by Crippen LogP contribution is 2.24. The minimum atomic E-state index is -3.43. The third-order valence-corrected chi connectivity index (χ3v) is 5.78. The monoisotopic (exact) mass is 381 g/mol. The molecule has 0 spiro atoms. The van der Waals surface area contributed by atoms with Gasteiger partial charge in [-0.1, -0.05) is 12.1 Å². The fourth-order valence-electron chi connectivity index (χ4n) is 3.06. The molecule has 0 aliphatic carbocycles. The van der Waals surface area contributed by atoms with Crippen LogP contribution in [0.4, 0.5) is 5.69 Å². The maximum absolute atomic E-state index is 12.3. The molecule has 0 saturated carbocycles. The Labute approximate surface area is 155 Å². The number of anilines is 1. The Morgan fingerprint density at radius 3 is 2.42 bits per heavy atom. The lowest BCUT2D eigenvalue weighted by molar-refractivity contribution is -0.135. The summed E-state index contributed by atoms with van der Waals surface area (Å²) in [6.07, 6.45) is 2.73. The Balaban J connectivity index is 1.97. The molecule has 1 aromatic carbocycles. The largest absolute Gasteiger partial charge is 0.342 e. The molecule has 2 rings (SSSR count). The van der Waals surface area contributed by atoms with Gasteiger partial charge in [0.25, 0.3) is 0 Å². The normalized spacial score (nSPS) is 15.0. The average Bonchev–Trinajstić information content (AvgIpc) is 2.60. The molecule has 0 bridgehead atoms.